The number of carbonyl (C=O) groups is 4. The summed E-state index contributed by atoms with van der Waals surface area (Å²) >= 11 is 0. The maximum atomic E-state index is 12.5. The second-order valence-electron chi connectivity index (χ2n) is 13.4. The summed E-state index contributed by atoms with van der Waals surface area (Å²) in [5.74, 6) is 1.82. The largest absolute Gasteiger partial charge is 0.481 e. The topological polar surface area (TPSA) is 134 Å². The second kappa shape index (κ2) is 19.2. The van der Waals surface area contributed by atoms with Crippen LogP contribution in [0.5, 0.6) is 0 Å². The summed E-state index contributed by atoms with van der Waals surface area (Å²) in [7, 11) is 0. The van der Waals surface area contributed by atoms with Gasteiger partial charge >= 0.3 is 5.97 Å². The van der Waals surface area contributed by atoms with Crippen LogP contribution in [0.3, 0.4) is 0 Å². The highest BCUT2D eigenvalue weighted by Crippen LogP contribution is 2.22. The monoisotopic (exact) mass is 608 g/mol. The molecule has 0 aromatic heterocycles. The summed E-state index contributed by atoms with van der Waals surface area (Å²) in [6, 6.07) is 1.11. The van der Waals surface area contributed by atoms with E-state index >= 15 is 0 Å². The standard InChI is InChI=1S/C16H29N3O2.C9H15NO3.C7H16N2/c1-12(2)15-11-19(9-6-17-15)16(21)10-14-4-7-18(8-5-14)13(3)20;1-7(11)10-4-2-8(3-5-10)6-9(12)13;1-6(2)7-5-8-3-4-9-7/h12,14-15,17H,4-11H2,1-3H3;8H,2-6H2,1H3,(H,12,13);6-9H,3-5H2,1-2H3. The van der Waals surface area contributed by atoms with Gasteiger partial charge in [0.05, 0.1) is 0 Å². The molecule has 0 aliphatic carbocycles. The minimum Gasteiger partial charge on any atom is -0.481 e. The van der Waals surface area contributed by atoms with Gasteiger partial charge in [0.15, 0.2) is 0 Å². The Morgan fingerprint density at radius 3 is 1.56 bits per heavy atom. The van der Waals surface area contributed by atoms with Crippen molar-refractivity contribution in [2.75, 3.05) is 65.4 Å². The highest BCUT2D eigenvalue weighted by Gasteiger charge is 2.28. The van der Waals surface area contributed by atoms with Crippen LogP contribution < -0.4 is 16.0 Å². The Bertz CT molecular complexity index is 862. The van der Waals surface area contributed by atoms with E-state index in [4.69, 9.17) is 5.11 Å². The molecule has 4 aliphatic heterocycles. The fraction of sp³-hybridized carbons (Fsp3) is 0.875. The van der Waals surface area contributed by atoms with Crippen molar-refractivity contribution in [2.24, 2.45) is 23.7 Å². The van der Waals surface area contributed by atoms with E-state index in [2.05, 4.69) is 43.6 Å². The van der Waals surface area contributed by atoms with Gasteiger partial charge in [-0.3, -0.25) is 19.2 Å². The number of rotatable bonds is 6. The first-order valence-corrected chi connectivity index (χ1v) is 16.5. The van der Waals surface area contributed by atoms with E-state index in [0.29, 0.717) is 49.3 Å². The van der Waals surface area contributed by atoms with Crippen molar-refractivity contribution in [2.45, 2.75) is 92.2 Å². The lowest BCUT2D eigenvalue weighted by Gasteiger charge is -2.37. The molecular weight excluding hydrogens is 548 g/mol. The number of piperazine rings is 2. The van der Waals surface area contributed by atoms with Gasteiger partial charge < -0.3 is 35.8 Å². The summed E-state index contributed by atoms with van der Waals surface area (Å²) in [6.07, 6.45) is 4.47. The Hall–Kier alpha value is -2.24. The highest BCUT2D eigenvalue weighted by molar-refractivity contribution is 5.77. The molecule has 4 fully saturated rings. The first kappa shape index (κ1) is 36.9. The molecule has 43 heavy (non-hydrogen) atoms. The van der Waals surface area contributed by atoms with Crippen LogP contribution in [-0.2, 0) is 19.2 Å². The number of piperidine rings is 2. The number of aliphatic carboxylic acids is 1. The van der Waals surface area contributed by atoms with Crippen LogP contribution in [-0.4, -0.2) is 121 Å². The lowest BCUT2D eigenvalue weighted by molar-refractivity contribution is -0.139. The predicted octanol–water partition coefficient (Wildman–Crippen LogP) is 2.01. The molecule has 4 aliphatic rings. The number of carboxylic acids is 1. The van der Waals surface area contributed by atoms with Crippen molar-refractivity contribution >= 4 is 23.7 Å². The number of hydrogen-bond acceptors (Lipinski definition) is 7. The minimum absolute atomic E-state index is 0.0915. The fourth-order valence-electron chi connectivity index (χ4n) is 6.13. The molecule has 0 spiro atoms. The molecule has 4 heterocycles. The minimum atomic E-state index is -0.735. The van der Waals surface area contributed by atoms with Crippen molar-refractivity contribution in [1.82, 2.24) is 30.7 Å². The molecule has 4 N–H and O–H groups in total. The quantitative estimate of drug-likeness (QED) is 0.360. The van der Waals surface area contributed by atoms with Gasteiger partial charge in [0, 0.05) is 104 Å². The number of hydrogen-bond donors (Lipinski definition) is 4. The number of amides is 3. The Balaban J connectivity index is 0.000000249. The van der Waals surface area contributed by atoms with Gasteiger partial charge in [0.1, 0.15) is 0 Å². The van der Waals surface area contributed by atoms with Gasteiger partial charge in [0.25, 0.3) is 0 Å². The van der Waals surface area contributed by atoms with E-state index in [0.717, 1.165) is 84.0 Å². The first-order valence-electron chi connectivity index (χ1n) is 16.5. The number of carbonyl (C=O) groups excluding carboxylic acids is 3. The molecule has 2 unspecified atom stereocenters. The summed E-state index contributed by atoms with van der Waals surface area (Å²) < 4.78 is 0. The van der Waals surface area contributed by atoms with Crippen molar-refractivity contribution in [1.29, 1.82) is 0 Å². The molecule has 248 valence electrons. The molecule has 2 atom stereocenters. The number of carboxylic acid groups (broad SMARTS) is 1. The van der Waals surface area contributed by atoms with Crippen LogP contribution in [0.2, 0.25) is 0 Å². The van der Waals surface area contributed by atoms with Crippen molar-refractivity contribution in [3.8, 4) is 0 Å². The molecule has 0 aromatic rings. The third-order valence-corrected chi connectivity index (χ3v) is 9.29. The van der Waals surface area contributed by atoms with E-state index in [1.807, 2.05) is 9.80 Å². The van der Waals surface area contributed by atoms with Crippen LogP contribution in [0.4, 0.5) is 0 Å². The molecule has 0 aromatic carbocycles. The average Bonchev–Trinajstić information content (AvgIpc) is 2.98. The summed E-state index contributed by atoms with van der Waals surface area (Å²) in [6.45, 7) is 21.1. The van der Waals surface area contributed by atoms with E-state index in [-0.39, 0.29) is 24.2 Å². The maximum Gasteiger partial charge on any atom is 0.303 e. The van der Waals surface area contributed by atoms with Gasteiger partial charge in [-0.2, -0.15) is 0 Å². The lowest BCUT2D eigenvalue weighted by Crippen LogP contribution is -2.54. The van der Waals surface area contributed by atoms with Gasteiger partial charge in [-0.05, 0) is 49.4 Å². The number of nitrogens with zero attached hydrogens (tertiary/aromatic N) is 3. The summed E-state index contributed by atoms with van der Waals surface area (Å²) in [5.41, 5.74) is 0. The molecule has 11 nitrogen and oxygen atoms in total. The molecular formula is C32H60N6O5. The van der Waals surface area contributed by atoms with Crippen molar-refractivity contribution in [3.63, 3.8) is 0 Å². The van der Waals surface area contributed by atoms with Gasteiger partial charge in [-0.1, -0.05) is 27.7 Å². The fourth-order valence-corrected chi connectivity index (χ4v) is 6.13. The van der Waals surface area contributed by atoms with E-state index < -0.39 is 5.97 Å². The highest BCUT2D eigenvalue weighted by atomic mass is 16.4. The Kier molecular flexibility index (Phi) is 16.5. The SMILES string of the molecule is CC(=O)N1CCC(CC(=O)N2CCNC(C(C)C)C2)CC1.CC(=O)N1CCC(CC(=O)O)CC1.CC(C)C1CNCCN1. The Morgan fingerprint density at radius 2 is 1.16 bits per heavy atom. The summed E-state index contributed by atoms with van der Waals surface area (Å²) in [5, 5.41) is 18.9. The van der Waals surface area contributed by atoms with Gasteiger partial charge in [0.2, 0.25) is 17.7 Å². The predicted molar refractivity (Wildman–Crippen MR) is 170 cm³/mol. The Morgan fingerprint density at radius 1 is 0.674 bits per heavy atom. The van der Waals surface area contributed by atoms with Crippen LogP contribution in [0, 0.1) is 23.7 Å². The smallest absolute Gasteiger partial charge is 0.303 e. The van der Waals surface area contributed by atoms with Crippen LogP contribution in [0.1, 0.15) is 80.1 Å². The average molecular weight is 609 g/mol. The zero-order chi connectivity index (χ0) is 31.9. The zero-order valence-electron chi connectivity index (χ0n) is 27.7. The van der Waals surface area contributed by atoms with Crippen molar-refractivity contribution < 1.29 is 24.3 Å². The summed E-state index contributed by atoms with van der Waals surface area (Å²) in [4.78, 5) is 50.8. The van der Waals surface area contributed by atoms with E-state index in [1.165, 1.54) is 0 Å². The van der Waals surface area contributed by atoms with Gasteiger partial charge in [-0.15, -0.1) is 0 Å². The molecule has 4 saturated heterocycles. The van der Waals surface area contributed by atoms with Crippen molar-refractivity contribution in [3.05, 3.63) is 0 Å². The molecule has 11 heteroatoms. The van der Waals surface area contributed by atoms with E-state index in [1.54, 1.807) is 18.7 Å². The molecule has 0 bridgehead atoms. The molecule has 0 saturated carbocycles. The first-order chi connectivity index (χ1) is 20.4. The van der Waals surface area contributed by atoms with E-state index in [9.17, 15) is 19.2 Å². The third kappa shape index (κ3) is 13.9. The van der Waals surface area contributed by atoms with Crippen LogP contribution in [0.15, 0.2) is 0 Å². The van der Waals surface area contributed by atoms with Crippen LogP contribution in [0.25, 0.3) is 0 Å². The normalized spacial score (nSPS) is 23.7. The maximum absolute atomic E-state index is 12.5. The molecule has 0 radical (unpaired) electrons. The van der Waals surface area contributed by atoms with Gasteiger partial charge in [-0.25, -0.2) is 0 Å². The zero-order valence-corrected chi connectivity index (χ0v) is 27.7. The lowest BCUT2D eigenvalue weighted by atomic mass is 9.92. The third-order valence-electron chi connectivity index (χ3n) is 9.29. The Labute approximate surface area is 259 Å². The van der Waals surface area contributed by atoms with Crippen LogP contribution >= 0.6 is 0 Å². The molecule has 3 amide bonds. The molecule has 4 rings (SSSR count). The second-order valence-corrected chi connectivity index (χ2v) is 13.4. The number of likely N-dealkylation sites (tertiary alicyclic amines) is 2. The number of nitrogens with one attached hydrogen (secondary N) is 3.